The maximum Gasteiger partial charge on any atom is 0.127 e. The lowest BCUT2D eigenvalue weighted by molar-refractivity contribution is 0.580. The Hall–Kier alpha value is -1.43. The van der Waals surface area contributed by atoms with E-state index >= 15 is 0 Å². The molecule has 0 spiro atoms. The molecule has 2 saturated carbocycles. The minimum Gasteiger partial charge on any atom is -0.384 e. The molecule has 0 radical (unpaired) electrons. The number of rotatable bonds is 3. The van der Waals surface area contributed by atoms with Crippen LogP contribution in [-0.4, -0.2) is 9.55 Å². The van der Waals surface area contributed by atoms with Crippen molar-refractivity contribution in [2.45, 2.75) is 69.7 Å². The molecule has 1 aromatic rings. The third kappa shape index (κ3) is 2.49. The smallest absolute Gasteiger partial charge is 0.127 e. The maximum atomic E-state index is 6.34. The van der Waals surface area contributed by atoms with E-state index in [4.69, 9.17) is 17.1 Å². The van der Waals surface area contributed by atoms with Gasteiger partial charge in [-0.2, -0.15) is 0 Å². The number of hydrogen-bond acceptors (Lipinski definition) is 2. The highest BCUT2D eigenvalue weighted by molar-refractivity contribution is 5.42. The Balaban J connectivity index is 1.92. The Bertz CT molecular complexity index is 483. The van der Waals surface area contributed by atoms with E-state index in [1.54, 1.807) is 0 Å². The van der Waals surface area contributed by atoms with Gasteiger partial charge in [-0.1, -0.05) is 31.6 Å². The van der Waals surface area contributed by atoms with Crippen molar-refractivity contribution in [2.75, 3.05) is 5.73 Å². The van der Waals surface area contributed by atoms with Gasteiger partial charge >= 0.3 is 0 Å². The van der Waals surface area contributed by atoms with Gasteiger partial charge in [-0.25, -0.2) is 4.98 Å². The molecule has 0 aromatic carbocycles. The van der Waals surface area contributed by atoms with Crippen LogP contribution in [0.1, 0.15) is 74.7 Å². The summed E-state index contributed by atoms with van der Waals surface area (Å²) >= 11 is 0. The number of imidazole rings is 1. The first-order valence-corrected chi connectivity index (χ1v) is 7.60. The standard InChI is InChI=1S/C16H23N3/c1-2-11-19-15(17)14(18-16(19)13-9-10-13)12-7-5-3-4-6-8-12/h1,12-13H,3-11,17H2. The van der Waals surface area contributed by atoms with Gasteiger partial charge in [-0.15, -0.1) is 6.42 Å². The van der Waals surface area contributed by atoms with E-state index in [0.717, 1.165) is 17.3 Å². The maximum absolute atomic E-state index is 6.34. The third-order valence-corrected chi connectivity index (χ3v) is 4.50. The number of terminal acetylenes is 1. The zero-order valence-electron chi connectivity index (χ0n) is 11.6. The molecule has 2 N–H and O–H groups in total. The Kier molecular flexibility index (Phi) is 3.50. The normalized spacial score (nSPS) is 21.0. The predicted molar refractivity (Wildman–Crippen MR) is 77.9 cm³/mol. The molecule has 0 unspecified atom stereocenters. The number of aromatic nitrogens is 2. The molecule has 0 bridgehead atoms. The SMILES string of the molecule is C#CCn1c(C2CC2)nc(C2CCCCCC2)c1N. The summed E-state index contributed by atoms with van der Waals surface area (Å²) < 4.78 is 2.08. The van der Waals surface area contributed by atoms with E-state index in [9.17, 15) is 0 Å². The Morgan fingerprint density at radius 3 is 2.37 bits per heavy atom. The van der Waals surface area contributed by atoms with Crippen LogP contribution < -0.4 is 5.73 Å². The van der Waals surface area contributed by atoms with Crippen molar-refractivity contribution in [2.24, 2.45) is 0 Å². The van der Waals surface area contributed by atoms with Crippen LogP contribution in [0, 0.1) is 12.3 Å². The van der Waals surface area contributed by atoms with E-state index in [2.05, 4.69) is 10.5 Å². The molecule has 102 valence electrons. The zero-order valence-corrected chi connectivity index (χ0v) is 11.6. The molecular formula is C16H23N3. The van der Waals surface area contributed by atoms with Crippen molar-refractivity contribution in [3.05, 3.63) is 11.5 Å². The first-order chi connectivity index (χ1) is 9.31. The van der Waals surface area contributed by atoms with Crippen molar-refractivity contribution in [3.63, 3.8) is 0 Å². The molecule has 1 aromatic heterocycles. The highest BCUT2D eigenvalue weighted by atomic mass is 15.1. The average Bonchev–Trinajstić information content (AvgIpc) is 3.22. The van der Waals surface area contributed by atoms with Crippen molar-refractivity contribution < 1.29 is 0 Å². The van der Waals surface area contributed by atoms with Gasteiger partial charge < -0.3 is 10.3 Å². The first-order valence-electron chi connectivity index (χ1n) is 7.60. The predicted octanol–water partition coefficient (Wildman–Crippen LogP) is 3.41. The lowest BCUT2D eigenvalue weighted by Gasteiger charge is -2.12. The summed E-state index contributed by atoms with van der Waals surface area (Å²) in [5.74, 6) is 5.87. The topological polar surface area (TPSA) is 43.8 Å². The van der Waals surface area contributed by atoms with Crippen molar-refractivity contribution in [1.29, 1.82) is 0 Å². The van der Waals surface area contributed by atoms with Crippen LogP contribution in [0.25, 0.3) is 0 Å². The summed E-state index contributed by atoms with van der Waals surface area (Å²) in [5.41, 5.74) is 7.48. The fourth-order valence-corrected chi connectivity index (χ4v) is 3.27. The molecule has 1 heterocycles. The molecule has 0 saturated heterocycles. The Morgan fingerprint density at radius 2 is 1.79 bits per heavy atom. The monoisotopic (exact) mass is 257 g/mol. The van der Waals surface area contributed by atoms with E-state index in [1.807, 2.05) is 0 Å². The number of anilines is 1. The van der Waals surface area contributed by atoms with Gasteiger partial charge in [-0.05, 0) is 25.7 Å². The fourth-order valence-electron chi connectivity index (χ4n) is 3.27. The second-order valence-corrected chi connectivity index (χ2v) is 5.99. The summed E-state index contributed by atoms with van der Waals surface area (Å²) in [4.78, 5) is 4.90. The lowest BCUT2D eigenvalue weighted by Crippen LogP contribution is -2.07. The minimum absolute atomic E-state index is 0.555. The second kappa shape index (κ2) is 5.28. The molecule has 0 atom stereocenters. The molecule has 2 aliphatic rings. The third-order valence-electron chi connectivity index (χ3n) is 4.50. The summed E-state index contributed by atoms with van der Waals surface area (Å²) in [6.07, 6.45) is 15.8. The largest absolute Gasteiger partial charge is 0.384 e. The van der Waals surface area contributed by atoms with Gasteiger partial charge in [0, 0.05) is 11.8 Å². The quantitative estimate of drug-likeness (QED) is 0.666. The van der Waals surface area contributed by atoms with Gasteiger partial charge in [0.15, 0.2) is 0 Å². The number of nitrogens with zero attached hydrogens (tertiary/aromatic N) is 2. The average molecular weight is 257 g/mol. The fraction of sp³-hybridized carbons (Fsp3) is 0.688. The summed E-state index contributed by atoms with van der Waals surface area (Å²) in [7, 11) is 0. The molecular weight excluding hydrogens is 234 g/mol. The number of nitrogen functional groups attached to an aromatic ring is 1. The van der Waals surface area contributed by atoms with Crippen LogP contribution in [-0.2, 0) is 6.54 Å². The van der Waals surface area contributed by atoms with Gasteiger partial charge in [0.05, 0.1) is 12.2 Å². The molecule has 2 fully saturated rings. The lowest BCUT2D eigenvalue weighted by atomic mass is 9.96. The molecule has 3 heteroatoms. The Labute approximate surface area is 115 Å². The summed E-state index contributed by atoms with van der Waals surface area (Å²) in [5, 5.41) is 0. The highest BCUT2D eigenvalue weighted by Crippen LogP contribution is 2.43. The Morgan fingerprint density at radius 1 is 1.11 bits per heavy atom. The second-order valence-electron chi connectivity index (χ2n) is 5.99. The van der Waals surface area contributed by atoms with E-state index in [1.165, 1.54) is 51.4 Å². The van der Waals surface area contributed by atoms with Crippen LogP contribution in [0.15, 0.2) is 0 Å². The van der Waals surface area contributed by atoms with Crippen LogP contribution in [0.2, 0.25) is 0 Å². The first kappa shape index (κ1) is 12.6. The zero-order chi connectivity index (χ0) is 13.2. The van der Waals surface area contributed by atoms with E-state index in [-0.39, 0.29) is 0 Å². The van der Waals surface area contributed by atoms with E-state index in [0.29, 0.717) is 18.4 Å². The van der Waals surface area contributed by atoms with Gasteiger partial charge in [0.2, 0.25) is 0 Å². The van der Waals surface area contributed by atoms with Gasteiger partial charge in [0.25, 0.3) is 0 Å². The van der Waals surface area contributed by atoms with Crippen LogP contribution in [0.3, 0.4) is 0 Å². The van der Waals surface area contributed by atoms with Crippen LogP contribution in [0.5, 0.6) is 0 Å². The molecule has 19 heavy (non-hydrogen) atoms. The number of hydrogen-bond donors (Lipinski definition) is 1. The summed E-state index contributed by atoms with van der Waals surface area (Å²) in [6.45, 7) is 0.567. The van der Waals surface area contributed by atoms with Crippen LogP contribution >= 0.6 is 0 Å². The molecule has 0 amide bonds. The molecule has 0 aliphatic heterocycles. The summed E-state index contributed by atoms with van der Waals surface area (Å²) in [6, 6.07) is 0. The molecule has 3 nitrogen and oxygen atoms in total. The van der Waals surface area contributed by atoms with Gasteiger partial charge in [0.1, 0.15) is 11.6 Å². The van der Waals surface area contributed by atoms with Crippen LogP contribution in [0.4, 0.5) is 5.82 Å². The van der Waals surface area contributed by atoms with Gasteiger partial charge in [-0.3, -0.25) is 0 Å². The van der Waals surface area contributed by atoms with E-state index < -0.39 is 0 Å². The number of nitrogens with two attached hydrogens (primary N) is 1. The minimum atomic E-state index is 0.555. The molecule has 2 aliphatic carbocycles. The van der Waals surface area contributed by atoms with Crippen molar-refractivity contribution >= 4 is 5.82 Å². The highest BCUT2D eigenvalue weighted by Gasteiger charge is 2.32. The van der Waals surface area contributed by atoms with Crippen molar-refractivity contribution in [3.8, 4) is 12.3 Å². The molecule has 3 rings (SSSR count). The van der Waals surface area contributed by atoms with Crippen molar-refractivity contribution in [1.82, 2.24) is 9.55 Å².